The van der Waals surface area contributed by atoms with Crippen molar-refractivity contribution in [3.05, 3.63) is 45.9 Å². The summed E-state index contributed by atoms with van der Waals surface area (Å²) in [6.07, 6.45) is 4.27. The molecule has 0 spiro atoms. The number of halogens is 2. The van der Waals surface area contributed by atoms with Crippen LogP contribution >= 0.6 is 27.5 Å². The van der Waals surface area contributed by atoms with E-state index in [9.17, 15) is 8.42 Å². The molecule has 8 heteroatoms. The predicted octanol–water partition coefficient (Wildman–Crippen LogP) is 3.00. The van der Waals surface area contributed by atoms with E-state index in [0.29, 0.717) is 10.0 Å². The lowest BCUT2D eigenvalue weighted by Crippen LogP contribution is -2.14. The van der Waals surface area contributed by atoms with Gasteiger partial charge in [0, 0.05) is 23.1 Å². The lowest BCUT2D eigenvalue weighted by atomic mass is 10.3. The molecule has 0 aliphatic carbocycles. The van der Waals surface area contributed by atoms with Crippen LogP contribution in [0.3, 0.4) is 0 Å². The second kappa shape index (κ2) is 5.44. The highest BCUT2D eigenvalue weighted by Crippen LogP contribution is 2.26. The van der Waals surface area contributed by atoms with Crippen molar-refractivity contribution in [3.63, 3.8) is 0 Å². The number of aryl methyl sites for hydroxylation is 1. The summed E-state index contributed by atoms with van der Waals surface area (Å²) in [5, 5.41) is 0.103. The molecule has 2 rings (SSSR count). The van der Waals surface area contributed by atoms with Gasteiger partial charge in [0.15, 0.2) is 5.15 Å². The minimum Gasteiger partial charge on any atom is -0.276 e. The Morgan fingerprint density at radius 1 is 1.37 bits per heavy atom. The number of hydrogen-bond acceptors (Lipinski definition) is 4. The summed E-state index contributed by atoms with van der Waals surface area (Å²) in [4.78, 5) is 7.71. The minimum atomic E-state index is -3.75. The molecule has 2 aromatic heterocycles. The Hall–Kier alpha value is -1.18. The number of nitrogens with zero attached hydrogens (tertiary/aromatic N) is 2. The average molecular weight is 363 g/mol. The summed E-state index contributed by atoms with van der Waals surface area (Å²) < 4.78 is 27.4. The lowest BCUT2D eigenvalue weighted by Gasteiger charge is -2.11. The van der Waals surface area contributed by atoms with Gasteiger partial charge >= 0.3 is 0 Å². The van der Waals surface area contributed by atoms with Crippen molar-refractivity contribution in [1.29, 1.82) is 0 Å². The minimum absolute atomic E-state index is 0.0428. The van der Waals surface area contributed by atoms with Crippen LogP contribution in [0.1, 0.15) is 5.56 Å². The molecule has 0 aliphatic heterocycles. The van der Waals surface area contributed by atoms with Crippen molar-refractivity contribution < 1.29 is 8.42 Å². The average Bonchev–Trinajstić information content (AvgIpc) is 2.34. The Kier molecular flexibility index (Phi) is 4.07. The van der Waals surface area contributed by atoms with E-state index in [1.807, 2.05) is 0 Å². The van der Waals surface area contributed by atoms with Gasteiger partial charge in [-0.2, -0.15) is 0 Å². The van der Waals surface area contributed by atoms with Gasteiger partial charge < -0.3 is 0 Å². The molecule has 0 fully saturated rings. The van der Waals surface area contributed by atoms with Gasteiger partial charge in [-0.3, -0.25) is 9.71 Å². The summed E-state index contributed by atoms with van der Waals surface area (Å²) >= 11 is 9.07. The first kappa shape index (κ1) is 14.2. The van der Waals surface area contributed by atoms with Crippen LogP contribution in [0.4, 0.5) is 5.69 Å². The van der Waals surface area contributed by atoms with Gasteiger partial charge in [-0.25, -0.2) is 13.4 Å². The van der Waals surface area contributed by atoms with Gasteiger partial charge in [-0.1, -0.05) is 11.6 Å². The molecule has 0 radical (unpaired) electrons. The summed E-state index contributed by atoms with van der Waals surface area (Å²) in [6.45, 7) is 1.74. The van der Waals surface area contributed by atoms with Gasteiger partial charge in [0.25, 0.3) is 10.0 Å². The van der Waals surface area contributed by atoms with Crippen LogP contribution in [0.2, 0.25) is 5.15 Å². The molecule has 0 saturated carbocycles. The zero-order valence-corrected chi connectivity index (χ0v) is 12.9. The molecule has 0 amide bonds. The van der Waals surface area contributed by atoms with E-state index in [1.165, 1.54) is 24.7 Å². The fourth-order valence-corrected chi connectivity index (χ4v) is 3.33. The quantitative estimate of drug-likeness (QED) is 0.852. The molecule has 19 heavy (non-hydrogen) atoms. The van der Waals surface area contributed by atoms with Crippen LogP contribution in [0.5, 0.6) is 0 Å². The number of hydrogen-bond donors (Lipinski definition) is 1. The molecule has 0 aliphatic rings. The number of aromatic nitrogens is 2. The molecule has 1 N–H and O–H groups in total. The first-order valence-corrected chi connectivity index (χ1v) is 7.80. The number of anilines is 1. The van der Waals surface area contributed by atoms with Gasteiger partial charge in [0.05, 0.1) is 5.69 Å². The summed E-state index contributed by atoms with van der Waals surface area (Å²) in [5.74, 6) is 0. The SMILES string of the molecule is Cc1ccnc(Cl)c1NS(=O)(=O)c1cncc(Br)c1. The monoisotopic (exact) mass is 361 g/mol. The highest BCUT2D eigenvalue weighted by atomic mass is 79.9. The van der Waals surface area contributed by atoms with Crippen molar-refractivity contribution in [2.45, 2.75) is 11.8 Å². The topological polar surface area (TPSA) is 72.0 Å². The van der Waals surface area contributed by atoms with E-state index < -0.39 is 10.0 Å². The molecule has 2 aromatic rings. The molecule has 0 unspecified atom stereocenters. The van der Waals surface area contributed by atoms with Crippen molar-refractivity contribution >= 4 is 43.2 Å². The maximum Gasteiger partial charge on any atom is 0.263 e. The standard InChI is InChI=1S/C11H9BrClN3O2S/c1-7-2-3-15-11(13)10(7)16-19(17,18)9-4-8(12)5-14-6-9/h2-6,16H,1H3. The fourth-order valence-electron chi connectivity index (χ4n) is 1.38. The van der Waals surface area contributed by atoms with E-state index in [2.05, 4.69) is 30.6 Å². The van der Waals surface area contributed by atoms with Crippen molar-refractivity contribution in [1.82, 2.24) is 9.97 Å². The Morgan fingerprint density at radius 3 is 2.74 bits per heavy atom. The third-order valence-electron chi connectivity index (χ3n) is 2.34. The molecule has 0 saturated heterocycles. The lowest BCUT2D eigenvalue weighted by molar-refractivity contribution is 0.600. The molecular weight excluding hydrogens is 354 g/mol. The summed E-state index contributed by atoms with van der Waals surface area (Å²) in [7, 11) is -3.75. The first-order chi connectivity index (χ1) is 8.90. The fraction of sp³-hybridized carbons (Fsp3) is 0.0909. The van der Waals surface area contributed by atoms with E-state index >= 15 is 0 Å². The largest absolute Gasteiger partial charge is 0.276 e. The molecule has 0 bridgehead atoms. The zero-order valence-electron chi connectivity index (χ0n) is 9.76. The third kappa shape index (κ3) is 3.23. The van der Waals surface area contributed by atoms with Gasteiger partial charge in [0.1, 0.15) is 4.90 Å². The molecule has 100 valence electrons. The number of rotatable bonds is 3. The molecule has 0 aromatic carbocycles. The van der Waals surface area contributed by atoms with Crippen molar-refractivity contribution in [2.75, 3.05) is 4.72 Å². The van der Waals surface area contributed by atoms with E-state index in [0.717, 1.165) is 0 Å². The number of pyridine rings is 2. The Labute approximate surface area is 124 Å². The summed E-state index contributed by atoms with van der Waals surface area (Å²) in [6, 6.07) is 3.12. The maximum atomic E-state index is 12.2. The highest BCUT2D eigenvalue weighted by molar-refractivity contribution is 9.10. The van der Waals surface area contributed by atoms with Crippen molar-refractivity contribution in [2.24, 2.45) is 0 Å². The predicted molar refractivity (Wildman–Crippen MR) is 76.7 cm³/mol. The van der Waals surface area contributed by atoms with E-state index in [1.54, 1.807) is 13.0 Å². The third-order valence-corrected chi connectivity index (χ3v) is 4.38. The molecule has 5 nitrogen and oxygen atoms in total. The van der Waals surface area contributed by atoms with E-state index in [4.69, 9.17) is 11.6 Å². The van der Waals surface area contributed by atoms with Crippen LogP contribution in [0, 0.1) is 6.92 Å². The first-order valence-electron chi connectivity index (χ1n) is 5.14. The van der Waals surface area contributed by atoms with Crippen LogP contribution in [-0.4, -0.2) is 18.4 Å². The molecular formula is C11H9BrClN3O2S. The van der Waals surface area contributed by atoms with Crippen LogP contribution in [-0.2, 0) is 10.0 Å². The number of sulfonamides is 1. The Morgan fingerprint density at radius 2 is 2.11 bits per heavy atom. The normalized spacial score (nSPS) is 11.3. The van der Waals surface area contributed by atoms with Crippen molar-refractivity contribution in [3.8, 4) is 0 Å². The summed E-state index contributed by atoms with van der Waals surface area (Å²) in [5.41, 5.74) is 0.954. The highest BCUT2D eigenvalue weighted by Gasteiger charge is 2.18. The Balaban J connectivity index is 2.42. The maximum absolute atomic E-state index is 12.2. The number of nitrogens with one attached hydrogen (secondary N) is 1. The molecule has 2 heterocycles. The van der Waals surface area contributed by atoms with Gasteiger partial charge in [-0.05, 0) is 40.5 Å². The van der Waals surface area contributed by atoms with Gasteiger partial charge in [-0.15, -0.1) is 0 Å². The second-order valence-electron chi connectivity index (χ2n) is 3.74. The second-order valence-corrected chi connectivity index (χ2v) is 6.69. The zero-order chi connectivity index (χ0) is 14.0. The van der Waals surface area contributed by atoms with Crippen LogP contribution in [0.25, 0.3) is 0 Å². The smallest absolute Gasteiger partial charge is 0.263 e. The van der Waals surface area contributed by atoms with E-state index in [-0.39, 0.29) is 15.7 Å². The van der Waals surface area contributed by atoms with Gasteiger partial charge in [0.2, 0.25) is 0 Å². The van der Waals surface area contributed by atoms with Crippen LogP contribution < -0.4 is 4.72 Å². The molecule has 0 atom stereocenters. The Bertz CT molecular complexity index is 701. The van der Waals surface area contributed by atoms with Crippen LogP contribution in [0.15, 0.2) is 40.1 Å².